The number of ketones is 1. The van der Waals surface area contributed by atoms with Crippen molar-refractivity contribution in [2.45, 2.75) is 13.0 Å². The van der Waals surface area contributed by atoms with Gasteiger partial charge in [0.2, 0.25) is 5.95 Å². The SMILES string of the molecule is Nc1nc(Cn2c(C(=O)O)c(C3=CC=CCC3=O)c3c4occc4c(F)cc32)c2ccccc2n1. The number of carbonyl (C=O) groups is 2. The first kappa shape index (κ1) is 20.8. The van der Waals surface area contributed by atoms with E-state index >= 15 is 4.39 Å². The number of para-hydroxylation sites is 1. The van der Waals surface area contributed by atoms with Gasteiger partial charge in [0.15, 0.2) is 5.78 Å². The van der Waals surface area contributed by atoms with Gasteiger partial charge in [-0.05, 0) is 18.2 Å². The van der Waals surface area contributed by atoms with Gasteiger partial charge in [-0.15, -0.1) is 0 Å². The van der Waals surface area contributed by atoms with Crippen LogP contribution in [0.25, 0.3) is 38.3 Å². The highest BCUT2D eigenvalue weighted by atomic mass is 19.1. The van der Waals surface area contributed by atoms with E-state index in [9.17, 15) is 14.7 Å². The molecule has 1 aliphatic carbocycles. The lowest BCUT2D eigenvalue weighted by atomic mass is 9.93. The fourth-order valence-electron chi connectivity index (χ4n) is 4.75. The predicted molar refractivity (Wildman–Crippen MR) is 128 cm³/mol. The molecule has 0 aliphatic heterocycles. The quantitative estimate of drug-likeness (QED) is 0.391. The molecule has 35 heavy (non-hydrogen) atoms. The lowest BCUT2D eigenvalue weighted by molar-refractivity contribution is -0.113. The van der Waals surface area contributed by atoms with Crippen LogP contribution in [-0.2, 0) is 11.3 Å². The Morgan fingerprint density at radius 2 is 2.03 bits per heavy atom. The third-order valence-corrected chi connectivity index (χ3v) is 6.20. The molecule has 0 unspecified atom stereocenters. The third-order valence-electron chi connectivity index (χ3n) is 6.20. The summed E-state index contributed by atoms with van der Waals surface area (Å²) in [4.78, 5) is 34.2. The molecule has 0 amide bonds. The molecule has 0 bridgehead atoms. The van der Waals surface area contributed by atoms with Crippen LogP contribution < -0.4 is 5.73 Å². The average Bonchev–Trinajstić information content (AvgIpc) is 3.43. The van der Waals surface area contributed by atoms with Crippen LogP contribution in [0.3, 0.4) is 0 Å². The van der Waals surface area contributed by atoms with E-state index in [4.69, 9.17) is 10.2 Å². The van der Waals surface area contributed by atoms with Gasteiger partial charge < -0.3 is 19.8 Å². The number of allylic oxidation sites excluding steroid dienone is 4. The molecule has 6 rings (SSSR count). The first-order valence-electron chi connectivity index (χ1n) is 10.8. The highest BCUT2D eigenvalue weighted by molar-refractivity contribution is 6.29. The number of nitrogen functional groups attached to an aromatic ring is 1. The summed E-state index contributed by atoms with van der Waals surface area (Å²) in [6, 6.07) is 9.94. The number of carboxylic acids is 1. The Balaban J connectivity index is 1.74. The summed E-state index contributed by atoms with van der Waals surface area (Å²) < 4.78 is 22.1. The van der Waals surface area contributed by atoms with Crippen molar-refractivity contribution in [1.82, 2.24) is 14.5 Å². The lowest BCUT2D eigenvalue weighted by Gasteiger charge is -2.12. The summed E-state index contributed by atoms with van der Waals surface area (Å²) in [5.74, 6) is -2.05. The Hall–Kier alpha value is -4.79. The molecule has 0 saturated heterocycles. The average molecular weight is 468 g/mol. The van der Waals surface area contributed by atoms with Crippen molar-refractivity contribution in [3.05, 3.63) is 83.7 Å². The molecule has 0 atom stereocenters. The zero-order valence-electron chi connectivity index (χ0n) is 18.2. The number of anilines is 1. The van der Waals surface area contributed by atoms with Gasteiger partial charge in [-0.2, -0.15) is 0 Å². The van der Waals surface area contributed by atoms with Crippen LogP contribution in [0, 0.1) is 5.82 Å². The van der Waals surface area contributed by atoms with E-state index in [1.165, 1.54) is 23.0 Å². The normalized spacial score (nSPS) is 13.7. The molecule has 0 spiro atoms. The van der Waals surface area contributed by atoms with Crippen molar-refractivity contribution < 1.29 is 23.5 Å². The number of Topliss-reactive ketones (excluding diaryl/α,β-unsaturated/α-hetero) is 1. The van der Waals surface area contributed by atoms with Gasteiger partial charge in [-0.25, -0.2) is 19.2 Å². The number of furan rings is 1. The van der Waals surface area contributed by atoms with Gasteiger partial charge in [0, 0.05) is 22.9 Å². The summed E-state index contributed by atoms with van der Waals surface area (Å²) in [6.45, 7) is -0.0473. The van der Waals surface area contributed by atoms with Gasteiger partial charge in [0.05, 0.1) is 40.3 Å². The summed E-state index contributed by atoms with van der Waals surface area (Å²) in [5, 5.41) is 11.6. The number of aromatic carboxylic acids is 1. The van der Waals surface area contributed by atoms with Crippen LogP contribution in [0.15, 0.2) is 65.3 Å². The second-order valence-corrected chi connectivity index (χ2v) is 8.21. The van der Waals surface area contributed by atoms with Gasteiger partial charge in [-0.1, -0.05) is 36.4 Å². The van der Waals surface area contributed by atoms with Crippen molar-refractivity contribution >= 4 is 56.0 Å². The number of nitrogens with zero attached hydrogens (tertiary/aromatic N) is 3. The minimum atomic E-state index is -1.27. The summed E-state index contributed by atoms with van der Waals surface area (Å²) in [6.07, 6.45) is 6.45. The fraction of sp³-hybridized carbons (Fsp3) is 0.0769. The molecule has 1 aliphatic rings. The first-order chi connectivity index (χ1) is 16.9. The third kappa shape index (κ3) is 3.12. The molecule has 3 N–H and O–H groups in total. The number of benzene rings is 2. The smallest absolute Gasteiger partial charge is 0.353 e. The van der Waals surface area contributed by atoms with E-state index in [-0.39, 0.29) is 58.0 Å². The standard InChI is InChI=1S/C26H17FN4O4/c27-16-11-19-22(24-13(16)9-10-35-24)21(15-6-2-4-8-20(15)32)23(25(33)34)31(19)12-18-14-5-1-3-7-17(14)29-26(28)30-18/h1-7,9-11H,8,12H2,(H,33,34)(H2,28,29,30). The summed E-state index contributed by atoms with van der Waals surface area (Å²) in [5.41, 5.74) is 7.67. The topological polar surface area (TPSA) is 124 Å². The van der Waals surface area contributed by atoms with Crippen LogP contribution in [0.1, 0.15) is 28.2 Å². The molecule has 5 aromatic rings. The highest BCUT2D eigenvalue weighted by Crippen LogP contribution is 2.40. The maximum absolute atomic E-state index is 15.1. The molecule has 172 valence electrons. The van der Waals surface area contributed by atoms with Gasteiger partial charge in [0.25, 0.3) is 0 Å². The number of nitrogens with two attached hydrogens (primary N) is 1. The Labute approximate surface area is 196 Å². The minimum absolute atomic E-state index is 0.0298. The molecule has 9 heteroatoms. The number of fused-ring (bicyclic) bond motifs is 4. The van der Waals surface area contributed by atoms with E-state index in [1.807, 2.05) is 12.1 Å². The van der Waals surface area contributed by atoms with Crippen molar-refractivity contribution in [3.8, 4) is 0 Å². The first-order valence-corrected chi connectivity index (χ1v) is 10.8. The number of aromatic nitrogens is 3. The molecule has 3 heterocycles. The van der Waals surface area contributed by atoms with Crippen molar-refractivity contribution in [2.75, 3.05) is 5.73 Å². The number of carbonyl (C=O) groups excluding carboxylic acids is 1. The zero-order chi connectivity index (χ0) is 24.3. The van der Waals surface area contributed by atoms with Gasteiger partial charge >= 0.3 is 5.97 Å². The van der Waals surface area contributed by atoms with Crippen molar-refractivity contribution in [1.29, 1.82) is 0 Å². The maximum atomic E-state index is 15.1. The number of hydrogen-bond donors (Lipinski definition) is 2. The van der Waals surface area contributed by atoms with E-state index in [0.29, 0.717) is 22.0 Å². The predicted octanol–water partition coefficient (Wildman–Crippen LogP) is 4.71. The molecule has 2 aromatic carbocycles. The molecule has 0 fully saturated rings. The van der Waals surface area contributed by atoms with Crippen LogP contribution in [0.5, 0.6) is 0 Å². The highest BCUT2D eigenvalue weighted by Gasteiger charge is 2.31. The number of carboxylic acid groups (broad SMARTS) is 1. The molecule has 0 radical (unpaired) electrons. The molecule has 0 saturated carbocycles. The minimum Gasteiger partial charge on any atom is -0.477 e. The number of hydrogen-bond acceptors (Lipinski definition) is 6. The summed E-state index contributed by atoms with van der Waals surface area (Å²) in [7, 11) is 0. The van der Waals surface area contributed by atoms with Gasteiger partial charge in [-0.3, -0.25) is 4.79 Å². The van der Waals surface area contributed by atoms with Crippen LogP contribution >= 0.6 is 0 Å². The Morgan fingerprint density at radius 1 is 1.20 bits per heavy atom. The van der Waals surface area contributed by atoms with E-state index in [2.05, 4.69) is 9.97 Å². The molecule has 3 aromatic heterocycles. The largest absolute Gasteiger partial charge is 0.477 e. The second-order valence-electron chi connectivity index (χ2n) is 8.21. The van der Waals surface area contributed by atoms with E-state index in [1.54, 1.807) is 30.4 Å². The monoisotopic (exact) mass is 468 g/mol. The maximum Gasteiger partial charge on any atom is 0.353 e. The Bertz CT molecular complexity index is 1780. The van der Waals surface area contributed by atoms with Gasteiger partial charge in [0.1, 0.15) is 17.1 Å². The van der Waals surface area contributed by atoms with Crippen LogP contribution in [0.2, 0.25) is 0 Å². The fourth-order valence-corrected chi connectivity index (χ4v) is 4.75. The van der Waals surface area contributed by atoms with E-state index < -0.39 is 11.8 Å². The van der Waals surface area contributed by atoms with Crippen LogP contribution in [-0.4, -0.2) is 31.4 Å². The Morgan fingerprint density at radius 3 is 2.83 bits per heavy atom. The molecular weight excluding hydrogens is 451 g/mol. The zero-order valence-corrected chi connectivity index (χ0v) is 18.2. The van der Waals surface area contributed by atoms with Crippen molar-refractivity contribution in [3.63, 3.8) is 0 Å². The van der Waals surface area contributed by atoms with Crippen molar-refractivity contribution in [2.24, 2.45) is 0 Å². The summed E-state index contributed by atoms with van der Waals surface area (Å²) >= 11 is 0. The van der Waals surface area contributed by atoms with E-state index in [0.717, 1.165) is 0 Å². The lowest BCUT2D eigenvalue weighted by Crippen LogP contribution is -2.15. The molecular formula is C26H17FN4O4. The second kappa shape index (κ2) is 7.63. The number of halogens is 1. The Kier molecular flexibility index (Phi) is 4.53. The molecule has 8 nitrogen and oxygen atoms in total. The number of rotatable bonds is 4. The van der Waals surface area contributed by atoms with Crippen LogP contribution in [0.4, 0.5) is 10.3 Å².